The van der Waals surface area contributed by atoms with Crippen LogP contribution < -0.4 is 4.74 Å². The zero-order valence-electron chi connectivity index (χ0n) is 16.2. The van der Waals surface area contributed by atoms with Crippen molar-refractivity contribution >= 4 is 5.78 Å². The van der Waals surface area contributed by atoms with E-state index in [9.17, 15) is 20.1 Å². The third-order valence-corrected chi connectivity index (χ3v) is 4.16. The van der Waals surface area contributed by atoms with E-state index in [1.165, 1.54) is 12.1 Å². The molecule has 1 atom stereocenters. The van der Waals surface area contributed by atoms with Gasteiger partial charge in [0.2, 0.25) is 5.78 Å². The number of hydrogen-bond acceptors (Lipinski definition) is 5. The highest BCUT2D eigenvalue weighted by molar-refractivity contribution is 6.12. The van der Waals surface area contributed by atoms with Crippen LogP contribution in [0, 0.1) is 0 Å². The maximum Gasteiger partial charge on any atom is 0.200 e. The zero-order valence-corrected chi connectivity index (χ0v) is 16.2. The van der Waals surface area contributed by atoms with Gasteiger partial charge in [-0.15, -0.1) is 6.58 Å². The van der Waals surface area contributed by atoms with E-state index >= 15 is 0 Å². The predicted octanol–water partition coefficient (Wildman–Crippen LogP) is 4.37. The van der Waals surface area contributed by atoms with Crippen molar-refractivity contribution in [3.63, 3.8) is 0 Å². The van der Waals surface area contributed by atoms with Crippen LogP contribution in [0.1, 0.15) is 42.6 Å². The summed E-state index contributed by atoms with van der Waals surface area (Å²) >= 11 is 0. The molecule has 0 heterocycles. The lowest BCUT2D eigenvalue weighted by molar-refractivity contribution is 0.103. The van der Waals surface area contributed by atoms with E-state index in [2.05, 4.69) is 6.58 Å². The summed E-state index contributed by atoms with van der Waals surface area (Å²) in [6, 6.07) is 11.0. The third-order valence-electron chi connectivity index (χ3n) is 4.16. The molecule has 148 valence electrons. The number of carbonyl (C=O) groups excluding carboxylic acids is 1. The number of phenolic OH excluding ortho intramolecular Hbond substituents is 2. The molecule has 0 fully saturated rings. The fraction of sp³-hybridized carbons (Fsp3) is 0.261. The lowest BCUT2D eigenvalue weighted by Gasteiger charge is -2.12. The molecule has 0 aliphatic heterocycles. The first-order valence-electron chi connectivity index (χ1n) is 9.04. The second kappa shape index (κ2) is 9.76. The first-order valence-corrected chi connectivity index (χ1v) is 9.04. The van der Waals surface area contributed by atoms with Gasteiger partial charge in [-0.1, -0.05) is 41.5 Å². The first-order chi connectivity index (χ1) is 13.3. The maximum atomic E-state index is 12.5. The highest BCUT2D eigenvalue weighted by Crippen LogP contribution is 2.34. The minimum Gasteiger partial charge on any atom is -0.507 e. The zero-order chi connectivity index (χ0) is 20.7. The normalized spacial score (nSPS) is 12.5. The van der Waals surface area contributed by atoms with Gasteiger partial charge in [0.05, 0.1) is 6.10 Å². The van der Waals surface area contributed by atoms with Crippen molar-refractivity contribution in [3.8, 4) is 17.2 Å². The third kappa shape index (κ3) is 5.99. The van der Waals surface area contributed by atoms with Crippen LogP contribution in [0.15, 0.2) is 66.3 Å². The van der Waals surface area contributed by atoms with Crippen LogP contribution in [0.4, 0.5) is 0 Å². The van der Waals surface area contributed by atoms with Crippen LogP contribution >= 0.6 is 0 Å². The Bertz CT molecular complexity index is 845. The average molecular weight is 382 g/mol. The summed E-state index contributed by atoms with van der Waals surface area (Å²) in [6.07, 6.45) is 2.39. The second-order valence-electron chi connectivity index (χ2n) is 6.91. The molecule has 0 aromatic heterocycles. The number of carbonyl (C=O) groups is 1. The monoisotopic (exact) mass is 382 g/mol. The molecule has 0 saturated heterocycles. The van der Waals surface area contributed by atoms with Crippen molar-refractivity contribution in [3.05, 3.63) is 77.4 Å². The van der Waals surface area contributed by atoms with Crippen molar-refractivity contribution < 1.29 is 24.9 Å². The second-order valence-corrected chi connectivity index (χ2v) is 6.91. The molecule has 0 bridgehead atoms. The largest absolute Gasteiger partial charge is 0.507 e. The standard InChI is InChI=1S/C23H26O5/c1-15(2)11-18(24)12-16(3)9-10-28-19-13-20(25)22(21(26)14-19)23(27)17-7-5-4-6-8-17/h4-9,13-14,18,24-26H,1,10-12H2,2-3H3/b16-9+. The minimum atomic E-state index is -0.481. The van der Waals surface area contributed by atoms with Crippen molar-refractivity contribution in [2.75, 3.05) is 6.61 Å². The van der Waals surface area contributed by atoms with E-state index in [0.717, 1.165) is 11.1 Å². The van der Waals surface area contributed by atoms with E-state index in [1.807, 2.05) is 19.9 Å². The Hall–Kier alpha value is -3.05. The molecule has 5 nitrogen and oxygen atoms in total. The SMILES string of the molecule is C=C(C)CC(O)C/C(C)=C/COc1cc(O)c(C(=O)c2ccccc2)c(O)c1. The molecule has 5 heteroatoms. The summed E-state index contributed by atoms with van der Waals surface area (Å²) < 4.78 is 5.53. The van der Waals surface area contributed by atoms with Gasteiger partial charge in [0, 0.05) is 17.7 Å². The molecule has 0 radical (unpaired) electrons. The Morgan fingerprint density at radius 2 is 1.71 bits per heavy atom. The molecule has 3 N–H and O–H groups in total. The van der Waals surface area contributed by atoms with Crippen LogP contribution in [-0.2, 0) is 0 Å². The number of ether oxygens (including phenoxy) is 1. The summed E-state index contributed by atoms with van der Waals surface area (Å²) in [6.45, 7) is 7.75. The fourth-order valence-corrected chi connectivity index (χ4v) is 2.85. The smallest absolute Gasteiger partial charge is 0.200 e. The molecule has 0 aliphatic carbocycles. The molecular weight excluding hydrogens is 356 g/mol. The number of hydrogen-bond donors (Lipinski definition) is 3. The highest BCUT2D eigenvalue weighted by atomic mass is 16.5. The summed E-state index contributed by atoms with van der Waals surface area (Å²) in [5.74, 6) is -0.918. The Morgan fingerprint density at radius 1 is 1.11 bits per heavy atom. The van der Waals surface area contributed by atoms with Crippen LogP contribution in [0.5, 0.6) is 17.2 Å². The molecule has 28 heavy (non-hydrogen) atoms. The maximum absolute atomic E-state index is 12.5. The van der Waals surface area contributed by atoms with Crippen molar-refractivity contribution in [1.82, 2.24) is 0 Å². The first kappa shape index (κ1) is 21.3. The summed E-state index contributed by atoms with van der Waals surface area (Å²) in [7, 11) is 0. The molecular formula is C23H26O5. The fourth-order valence-electron chi connectivity index (χ4n) is 2.85. The number of aliphatic hydroxyl groups excluding tert-OH is 1. The number of aliphatic hydroxyl groups is 1. The van der Waals surface area contributed by atoms with Crippen LogP contribution in [0.3, 0.4) is 0 Å². The van der Waals surface area contributed by atoms with Crippen LogP contribution in [0.2, 0.25) is 0 Å². The molecule has 0 saturated carbocycles. The van der Waals surface area contributed by atoms with Gasteiger partial charge in [-0.2, -0.15) is 0 Å². The highest BCUT2D eigenvalue weighted by Gasteiger charge is 2.19. The summed E-state index contributed by atoms with van der Waals surface area (Å²) in [5, 5.41) is 30.3. The van der Waals surface area contributed by atoms with E-state index in [0.29, 0.717) is 18.4 Å². The lowest BCUT2D eigenvalue weighted by Crippen LogP contribution is -2.07. The predicted molar refractivity (Wildman–Crippen MR) is 109 cm³/mol. The van der Waals surface area contributed by atoms with Crippen molar-refractivity contribution in [2.24, 2.45) is 0 Å². The average Bonchev–Trinajstić information content (AvgIpc) is 2.61. The van der Waals surface area contributed by atoms with E-state index in [1.54, 1.807) is 30.3 Å². The van der Waals surface area contributed by atoms with E-state index < -0.39 is 11.9 Å². The molecule has 2 rings (SSSR count). The molecule has 0 aliphatic rings. The Kier molecular flexibility index (Phi) is 7.41. The number of phenols is 2. The van der Waals surface area contributed by atoms with Gasteiger partial charge >= 0.3 is 0 Å². The van der Waals surface area contributed by atoms with Gasteiger partial charge in [-0.05, 0) is 32.8 Å². The summed E-state index contributed by atoms with van der Waals surface area (Å²) in [4.78, 5) is 12.5. The number of rotatable bonds is 9. The number of ketones is 1. The van der Waals surface area contributed by atoms with Gasteiger partial charge in [0.15, 0.2) is 0 Å². The Balaban J connectivity index is 2.03. The van der Waals surface area contributed by atoms with E-state index in [4.69, 9.17) is 4.74 Å². The molecule has 1 unspecified atom stereocenters. The van der Waals surface area contributed by atoms with Gasteiger partial charge in [-0.25, -0.2) is 0 Å². The Morgan fingerprint density at radius 3 is 2.29 bits per heavy atom. The van der Waals surface area contributed by atoms with Gasteiger partial charge in [-0.3, -0.25) is 4.79 Å². The molecule has 0 amide bonds. The molecule has 0 spiro atoms. The van der Waals surface area contributed by atoms with Gasteiger partial charge < -0.3 is 20.1 Å². The van der Waals surface area contributed by atoms with Crippen molar-refractivity contribution in [1.29, 1.82) is 0 Å². The minimum absolute atomic E-state index is 0.159. The van der Waals surface area contributed by atoms with Crippen LogP contribution in [-0.4, -0.2) is 33.8 Å². The molecule has 2 aromatic carbocycles. The van der Waals surface area contributed by atoms with Gasteiger partial charge in [0.1, 0.15) is 29.4 Å². The topological polar surface area (TPSA) is 87.0 Å². The molecule has 2 aromatic rings. The van der Waals surface area contributed by atoms with Crippen molar-refractivity contribution in [2.45, 2.75) is 32.8 Å². The Labute approximate surface area is 165 Å². The van der Waals surface area contributed by atoms with Gasteiger partial charge in [0.25, 0.3) is 0 Å². The lowest BCUT2D eigenvalue weighted by atomic mass is 10.0. The van der Waals surface area contributed by atoms with Crippen LogP contribution in [0.25, 0.3) is 0 Å². The number of aromatic hydroxyl groups is 2. The quantitative estimate of drug-likeness (QED) is 0.443. The summed E-state index contributed by atoms with van der Waals surface area (Å²) in [5.41, 5.74) is 2.09. The number of benzene rings is 2. The van der Waals surface area contributed by atoms with E-state index in [-0.39, 0.29) is 29.4 Å².